The fraction of sp³-hybridized carbons (Fsp3) is 0.364. The number of anilines is 2. The van der Waals surface area contributed by atoms with Crippen molar-refractivity contribution in [3.8, 4) is 5.75 Å². The van der Waals surface area contributed by atoms with E-state index in [0.29, 0.717) is 18.8 Å². The highest BCUT2D eigenvalue weighted by atomic mass is 19.1. The molecule has 0 bridgehead atoms. The predicted molar refractivity (Wildman–Crippen MR) is 114 cm³/mol. The van der Waals surface area contributed by atoms with Gasteiger partial charge in [-0.25, -0.2) is 4.39 Å². The lowest BCUT2D eigenvalue weighted by Gasteiger charge is -2.37. The maximum absolute atomic E-state index is 13.2. The van der Waals surface area contributed by atoms with Crippen LogP contribution in [0.4, 0.5) is 15.8 Å². The molecule has 160 valence electrons. The van der Waals surface area contributed by atoms with E-state index in [1.807, 2.05) is 29.2 Å². The maximum atomic E-state index is 13.2. The van der Waals surface area contributed by atoms with E-state index in [0.717, 1.165) is 24.5 Å². The van der Waals surface area contributed by atoms with E-state index in [-0.39, 0.29) is 24.9 Å². The van der Waals surface area contributed by atoms with Crippen LogP contribution in [0, 0.1) is 5.82 Å². The molecule has 1 aliphatic heterocycles. The molecule has 3 rings (SSSR count). The zero-order chi connectivity index (χ0) is 21.5. The van der Waals surface area contributed by atoms with Crippen LogP contribution in [0.1, 0.15) is 0 Å². The van der Waals surface area contributed by atoms with Gasteiger partial charge in [-0.1, -0.05) is 18.2 Å². The van der Waals surface area contributed by atoms with Crippen LogP contribution in [-0.2, 0) is 9.59 Å². The van der Waals surface area contributed by atoms with Crippen molar-refractivity contribution in [1.29, 1.82) is 0 Å². The Morgan fingerprint density at radius 1 is 1.07 bits per heavy atom. The molecule has 8 heteroatoms. The van der Waals surface area contributed by atoms with Gasteiger partial charge in [0.15, 0.2) is 0 Å². The van der Waals surface area contributed by atoms with Crippen molar-refractivity contribution in [2.45, 2.75) is 0 Å². The Morgan fingerprint density at radius 3 is 2.50 bits per heavy atom. The second-order valence-corrected chi connectivity index (χ2v) is 7.27. The molecule has 1 aliphatic rings. The summed E-state index contributed by atoms with van der Waals surface area (Å²) >= 11 is 0. The molecule has 0 aromatic heterocycles. The third kappa shape index (κ3) is 5.70. The molecule has 1 saturated heterocycles. The predicted octanol–water partition coefficient (Wildman–Crippen LogP) is 2.05. The van der Waals surface area contributed by atoms with Gasteiger partial charge in [0, 0.05) is 31.9 Å². The lowest BCUT2D eigenvalue weighted by atomic mass is 10.2. The zero-order valence-corrected chi connectivity index (χ0v) is 17.3. The van der Waals surface area contributed by atoms with Crippen molar-refractivity contribution in [3.63, 3.8) is 0 Å². The number of amides is 2. The molecule has 1 heterocycles. The summed E-state index contributed by atoms with van der Waals surface area (Å²) in [5.74, 6) is 0.0949. The Kier molecular flexibility index (Phi) is 7.24. The van der Waals surface area contributed by atoms with Gasteiger partial charge in [0.2, 0.25) is 11.8 Å². The smallest absolute Gasteiger partial charge is 0.238 e. The standard InChI is InChI=1S/C22H27FN4O3/c1-25(15-21(28)24-18-7-5-6-17(23)14-18)16-22(29)27-12-10-26(11-13-27)19-8-3-4-9-20(19)30-2/h3-9,14H,10-13,15-16H2,1-2H3,(H,24,28). The molecule has 1 fully saturated rings. The van der Waals surface area contributed by atoms with Gasteiger partial charge >= 0.3 is 0 Å². The monoisotopic (exact) mass is 414 g/mol. The first-order valence-corrected chi connectivity index (χ1v) is 9.86. The van der Waals surface area contributed by atoms with Crippen molar-refractivity contribution >= 4 is 23.2 Å². The lowest BCUT2D eigenvalue weighted by molar-refractivity contribution is -0.132. The third-order valence-corrected chi connectivity index (χ3v) is 4.99. The van der Waals surface area contributed by atoms with Crippen LogP contribution in [0.15, 0.2) is 48.5 Å². The molecular formula is C22H27FN4O3. The summed E-state index contributed by atoms with van der Waals surface area (Å²) in [7, 11) is 3.37. The largest absolute Gasteiger partial charge is 0.495 e. The fourth-order valence-electron chi connectivity index (χ4n) is 3.49. The summed E-state index contributed by atoms with van der Waals surface area (Å²) < 4.78 is 18.6. The van der Waals surface area contributed by atoms with Crippen molar-refractivity contribution in [1.82, 2.24) is 9.80 Å². The van der Waals surface area contributed by atoms with E-state index in [9.17, 15) is 14.0 Å². The summed E-state index contributed by atoms with van der Waals surface area (Å²) in [6.07, 6.45) is 0. The Balaban J connectivity index is 1.45. The van der Waals surface area contributed by atoms with Gasteiger partial charge in [0.25, 0.3) is 0 Å². The van der Waals surface area contributed by atoms with Crippen LogP contribution in [0.2, 0.25) is 0 Å². The number of likely N-dealkylation sites (N-methyl/N-ethyl adjacent to an activating group) is 1. The molecule has 2 amide bonds. The topological polar surface area (TPSA) is 65.1 Å². The summed E-state index contributed by atoms with van der Waals surface area (Å²) in [5.41, 5.74) is 1.42. The molecule has 1 N–H and O–H groups in total. The molecule has 0 radical (unpaired) electrons. The number of piperazine rings is 1. The molecule has 0 atom stereocenters. The number of hydrogen-bond acceptors (Lipinski definition) is 5. The maximum Gasteiger partial charge on any atom is 0.238 e. The van der Waals surface area contributed by atoms with Crippen LogP contribution in [0.3, 0.4) is 0 Å². The van der Waals surface area contributed by atoms with Gasteiger partial charge in [0.1, 0.15) is 11.6 Å². The van der Waals surface area contributed by atoms with Crippen LogP contribution in [0.5, 0.6) is 5.75 Å². The van der Waals surface area contributed by atoms with Gasteiger partial charge in [-0.15, -0.1) is 0 Å². The molecule has 0 spiro atoms. The molecule has 2 aromatic carbocycles. The van der Waals surface area contributed by atoms with E-state index in [1.54, 1.807) is 25.1 Å². The first kappa shape index (κ1) is 21.6. The highest BCUT2D eigenvalue weighted by Crippen LogP contribution is 2.28. The summed E-state index contributed by atoms with van der Waals surface area (Å²) in [6.45, 7) is 2.85. The lowest BCUT2D eigenvalue weighted by Crippen LogP contribution is -2.51. The minimum absolute atomic E-state index is 0.0178. The number of rotatable bonds is 7. The first-order chi connectivity index (χ1) is 14.5. The number of methoxy groups -OCH3 is 1. The molecule has 0 saturated carbocycles. The average molecular weight is 414 g/mol. The van der Waals surface area contributed by atoms with Gasteiger partial charge in [-0.3, -0.25) is 14.5 Å². The normalized spacial score (nSPS) is 14.0. The van der Waals surface area contributed by atoms with Crippen molar-refractivity contribution < 1.29 is 18.7 Å². The quantitative estimate of drug-likeness (QED) is 0.751. The summed E-state index contributed by atoms with van der Waals surface area (Å²) in [5, 5.41) is 2.64. The van der Waals surface area contributed by atoms with Gasteiger partial charge < -0.3 is 19.9 Å². The molecule has 7 nitrogen and oxygen atoms in total. The molecular weight excluding hydrogens is 387 g/mol. The zero-order valence-electron chi connectivity index (χ0n) is 17.3. The van der Waals surface area contributed by atoms with E-state index >= 15 is 0 Å². The van der Waals surface area contributed by atoms with Crippen LogP contribution in [-0.4, -0.2) is 75.0 Å². The van der Waals surface area contributed by atoms with Crippen molar-refractivity contribution in [2.24, 2.45) is 0 Å². The van der Waals surface area contributed by atoms with Crippen molar-refractivity contribution in [3.05, 3.63) is 54.3 Å². The Morgan fingerprint density at radius 2 is 1.80 bits per heavy atom. The third-order valence-electron chi connectivity index (χ3n) is 4.99. The van der Waals surface area contributed by atoms with E-state index < -0.39 is 5.82 Å². The molecule has 30 heavy (non-hydrogen) atoms. The number of ether oxygens (including phenoxy) is 1. The SMILES string of the molecule is COc1ccccc1N1CCN(C(=O)CN(C)CC(=O)Nc2cccc(F)c2)CC1. The summed E-state index contributed by atoms with van der Waals surface area (Å²) in [6, 6.07) is 13.6. The Hall–Kier alpha value is -3.13. The second-order valence-electron chi connectivity index (χ2n) is 7.27. The van der Waals surface area contributed by atoms with Gasteiger partial charge in [-0.05, 0) is 37.4 Å². The number of benzene rings is 2. The van der Waals surface area contributed by atoms with Crippen LogP contribution < -0.4 is 15.0 Å². The average Bonchev–Trinajstić information content (AvgIpc) is 2.73. The number of halogens is 1. The van der Waals surface area contributed by atoms with Gasteiger partial charge in [0.05, 0.1) is 25.9 Å². The minimum atomic E-state index is -0.413. The number of nitrogens with one attached hydrogen (secondary N) is 1. The molecule has 0 aliphatic carbocycles. The highest BCUT2D eigenvalue weighted by molar-refractivity contribution is 5.92. The fourth-order valence-corrected chi connectivity index (χ4v) is 3.49. The molecule has 2 aromatic rings. The number of carbonyl (C=O) groups is 2. The highest BCUT2D eigenvalue weighted by Gasteiger charge is 2.23. The number of para-hydroxylation sites is 2. The number of nitrogens with zero attached hydrogens (tertiary/aromatic N) is 3. The van der Waals surface area contributed by atoms with E-state index in [2.05, 4.69) is 10.2 Å². The van der Waals surface area contributed by atoms with E-state index in [1.165, 1.54) is 18.2 Å². The first-order valence-electron chi connectivity index (χ1n) is 9.86. The second kappa shape index (κ2) is 10.1. The summed E-state index contributed by atoms with van der Waals surface area (Å²) in [4.78, 5) is 30.4. The number of carbonyl (C=O) groups excluding carboxylic acids is 2. The van der Waals surface area contributed by atoms with Crippen LogP contribution in [0.25, 0.3) is 0 Å². The minimum Gasteiger partial charge on any atom is -0.495 e. The van der Waals surface area contributed by atoms with E-state index in [4.69, 9.17) is 4.74 Å². The Labute approximate surface area is 176 Å². The van der Waals surface area contributed by atoms with Crippen molar-refractivity contribution in [2.75, 3.05) is 63.6 Å². The Bertz CT molecular complexity index is 884. The van der Waals surface area contributed by atoms with Gasteiger partial charge in [-0.2, -0.15) is 0 Å². The number of hydrogen-bond donors (Lipinski definition) is 1. The molecule has 0 unspecified atom stereocenters. The van der Waals surface area contributed by atoms with Crippen LogP contribution >= 0.6 is 0 Å².